The predicted octanol–water partition coefficient (Wildman–Crippen LogP) is 2.58. The summed E-state index contributed by atoms with van der Waals surface area (Å²) in [5.41, 5.74) is 1.36. The van der Waals surface area contributed by atoms with Crippen LogP contribution in [-0.2, 0) is 22.4 Å². The van der Waals surface area contributed by atoms with Gasteiger partial charge in [-0.15, -0.1) is 11.3 Å². The molecule has 0 bridgehead atoms. The van der Waals surface area contributed by atoms with Gasteiger partial charge in [0, 0.05) is 24.6 Å². The first-order valence-electron chi connectivity index (χ1n) is 8.89. The summed E-state index contributed by atoms with van der Waals surface area (Å²) in [5, 5.41) is 9.32. The number of amides is 1. The van der Waals surface area contributed by atoms with E-state index in [4.69, 9.17) is 4.74 Å². The third-order valence-electron chi connectivity index (χ3n) is 5.70. The van der Waals surface area contributed by atoms with Gasteiger partial charge in [0.1, 0.15) is 0 Å². The largest absolute Gasteiger partial charge is 0.481 e. The number of carboxylic acid groups (broad SMARTS) is 1. The van der Waals surface area contributed by atoms with Crippen molar-refractivity contribution in [3.63, 3.8) is 0 Å². The lowest BCUT2D eigenvalue weighted by atomic mass is 9.84. The van der Waals surface area contributed by atoms with Crippen molar-refractivity contribution in [3.8, 4) is 0 Å². The van der Waals surface area contributed by atoms with E-state index in [1.54, 1.807) is 11.3 Å². The van der Waals surface area contributed by atoms with Crippen molar-refractivity contribution in [1.29, 1.82) is 0 Å². The van der Waals surface area contributed by atoms with Gasteiger partial charge in [-0.3, -0.25) is 9.59 Å². The highest BCUT2D eigenvalue weighted by Crippen LogP contribution is 2.35. The number of fused-ring (bicyclic) bond motifs is 1. The van der Waals surface area contributed by atoms with Crippen LogP contribution in [0.25, 0.3) is 0 Å². The zero-order valence-corrected chi connectivity index (χ0v) is 14.5. The fraction of sp³-hybridized carbons (Fsp3) is 0.667. The monoisotopic (exact) mass is 349 g/mol. The van der Waals surface area contributed by atoms with Gasteiger partial charge in [0.2, 0.25) is 0 Å². The molecule has 130 valence electrons. The van der Waals surface area contributed by atoms with Gasteiger partial charge in [-0.1, -0.05) is 0 Å². The Hall–Kier alpha value is -1.40. The number of carboxylic acids is 1. The number of carbonyl (C=O) groups excluding carboxylic acids is 1. The van der Waals surface area contributed by atoms with Crippen LogP contribution in [0.4, 0.5) is 0 Å². The summed E-state index contributed by atoms with van der Waals surface area (Å²) in [6, 6.07) is 2.09. The molecule has 0 saturated carbocycles. The molecule has 5 nitrogen and oxygen atoms in total. The molecule has 1 amide bonds. The molecule has 0 aromatic carbocycles. The van der Waals surface area contributed by atoms with Crippen LogP contribution in [0.3, 0.4) is 0 Å². The number of hydrogen-bond donors (Lipinski definition) is 1. The van der Waals surface area contributed by atoms with Crippen molar-refractivity contribution in [2.75, 3.05) is 19.7 Å². The standard InChI is InChI=1S/C18H23NO4S/c20-17(15-10-12-2-1-3-14(12)24-15)19-7-4-11(5-8-19)16-13(18(21)22)6-9-23-16/h10-11,13,16H,1-9H2,(H,21,22)/t13?,16-/m0/s1. The van der Waals surface area contributed by atoms with Gasteiger partial charge < -0.3 is 14.7 Å². The molecule has 2 fully saturated rings. The first-order chi connectivity index (χ1) is 11.6. The molecule has 1 aromatic rings. The minimum Gasteiger partial charge on any atom is -0.481 e. The van der Waals surface area contributed by atoms with E-state index in [0.29, 0.717) is 26.1 Å². The molecule has 24 heavy (non-hydrogen) atoms. The second-order valence-corrected chi connectivity index (χ2v) is 8.25. The number of piperidine rings is 1. The molecule has 1 unspecified atom stereocenters. The van der Waals surface area contributed by atoms with Gasteiger partial charge in [0.05, 0.1) is 16.9 Å². The van der Waals surface area contributed by atoms with E-state index in [1.165, 1.54) is 16.9 Å². The second-order valence-electron chi connectivity index (χ2n) is 7.11. The zero-order valence-electron chi connectivity index (χ0n) is 13.7. The van der Waals surface area contributed by atoms with Crippen LogP contribution in [0.2, 0.25) is 0 Å². The summed E-state index contributed by atoms with van der Waals surface area (Å²) in [5.74, 6) is -0.720. The van der Waals surface area contributed by atoms with Gasteiger partial charge in [0.25, 0.3) is 5.91 Å². The minimum atomic E-state index is -0.746. The number of ether oxygens (including phenoxy) is 1. The van der Waals surface area contributed by atoms with Gasteiger partial charge in [-0.25, -0.2) is 0 Å². The maximum Gasteiger partial charge on any atom is 0.309 e. The number of thiophene rings is 1. The molecule has 2 saturated heterocycles. The van der Waals surface area contributed by atoms with Crippen LogP contribution in [0.15, 0.2) is 6.07 Å². The van der Waals surface area contributed by atoms with E-state index in [0.717, 1.165) is 30.6 Å². The van der Waals surface area contributed by atoms with Gasteiger partial charge in [-0.2, -0.15) is 0 Å². The number of likely N-dealkylation sites (tertiary alicyclic amines) is 1. The Morgan fingerprint density at radius 3 is 2.71 bits per heavy atom. The molecule has 3 heterocycles. The molecule has 1 N–H and O–H groups in total. The molecule has 6 heteroatoms. The normalized spacial score (nSPS) is 27.4. The summed E-state index contributed by atoms with van der Waals surface area (Å²) >= 11 is 1.66. The first kappa shape index (κ1) is 16.1. The highest BCUT2D eigenvalue weighted by atomic mass is 32.1. The first-order valence-corrected chi connectivity index (χ1v) is 9.70. The van der Waals surface area contributed by atoms with Gasteiger partial charge in [0.15, 0.2) is 0 Å². The molecule has 4 rings (SSSR count). The molecule has 3 aliphatic rings. The maximum atomic E-state index is 12.7. The fourth-order valence-corrected chi connectivity index (χ4v) is 5.58. The van der Waals surface area contributed by atoms with Gasteiger partial charge >= 0.3 is 5.97 Å². The molecule has 0 radical (unpaired) electrons. The molecule has 1 aliphatic carbocycles. The minimum absolute atomic E-state index is 0.148. The van der Waals surface area contributed by atoms with E-state index >= 15 is 0 Å². The van der Waals surface area contributed by atoms with E-state index < -0.39 is 5.97 Å². The summed E-state index contributed by atoms with van der Waals surface area (Å²) in [6.07, 6.45) is 5.55. The number of carbonyl (C=O) groups is 2. The van der Waals surface area contributed by atoms with E-state index in [2.05, 4.69) is 6.07 Å². The maximum absolute atomic E-state index is 12.7. The average Bonchev–Trinajstić information content (AvgIpc) is 3.29. The van der Waals surface area contributed by atoms with E-state index in [9.17, 15) is 14.7 Å². The number of hydrogen-bond acceptors (Lipinski definition) is 4. The van der Waals surface area contributed by atoms with Crippen molar-refractivity contribution >= 4 is 23.2 Å². The van der Waals surface area contributed by atoms with Crippen LogP contribution in [0, 0.1) is 11.8 Å². The highest BCUT2D eigenvalue weighted by Gasteiger charge is 2.41. The third-order valence-corrected chi connectivity index (χ3v) is 6.93. The second kappa shape index (κ2) is 6.48. The van der Waals surface area contributed by atoms with E-state index in [1.807, 2.05) is 4.90 Å². The zero-order chi connectivity index (χ0) is 16.7. The smallest absolute Gasteiger partial charge is 0.309 e. The highest BCUT2D eigenvalue weighted by molar-refractivity contribution is 7.14. The van der Waals surface area contributed by atoms with Crippen LogP contribution >= 0.6 is 11.3 Å². The van der Waals surface area contributed by atoms with Crippen LogP contribution < -0.4 is 0 Å². The summed E-state index contributed by atoms with van der Waals surface area (Å²) in [7, 11) is 0. The molecular formula is C18H23NO4S. The Bertz CT molecular complexity index is 626. The number of aryl methyl sites for hydroxylation is 2. The predicted molar refractivity (Wildman–Crippen MR) is 90.5 cm³/mol. The van der Waals surface area contributed by atoms with Crippen LogP contribution in [0.1, 0.15) is 45.8 Å². The quantitative estimate of drug-likeness (QED) is 0.911. The molecular weight excluding hydrogens is 326 g/mol. The Morgan fingerprint density at radius 1 is 1.21 bits per heavy atom. The SMILES string of the molecule is O=C(O)C1CCO[C@H]1C1CCN(C(=O)c2cc3c(s2)CCC3)CC1. The summed E-state index contributed by atoms with van der Waals surface area (Å²) in [6.45, 7) is 1.96. The Morgan fingerprint density at radius 2 is 2.00 bits per heavy atom. The molecule has 1 aromatic heterocycles. The van der Waals surface area contributed by atoms with Gasteiger partial charge in [-0.05, 0) is 56.1 Å². The number of nitrogens with zero attached hydrogens (tertiary/aromatic N) is 1. The summed E-state index contributed by atoms with van der Waals surface area (Å²) in [4.78, 5) is 28.2. The number of aliphatic carboxylic acids is 1. The third kappa shape index (κ3) is 2.86. The van der Waals surface area contributed by atoms with Crippen LogP contribution in [0.5, 0.6) is 0 Å². The lowest BCUT2D eigenvalue weighted by Crippen LogP contribution is -2.43. The van der Waals surface area contributed by atoms with Crippen molar-refractivity contribution in [2.24, 2.45) is 11.8 Å². The number of rotatable bonds is 3. The Balaban J connectivity index is 1.37. The Kier molecular flexibility index (Phi) is 4.35. The molecule has 0 spiro atoms. The average molecular weight is 349 g/mol. The molecule has 2 aliphatic heterocycles. The van der Waals surface area contributed by atoms with Crippen molar-refractivity contribution in [1.82, 2.24) is 4.90 Å². The van der Waals surface area contributed by atoms with E-state index in [-0.39, 0.29) is 23.8 Å². The van der Waals surface area contributed by atoms with Crippen molar-refractivity contribution in [3.05, 3.63) is 21.4 Å². The molecule has 2 atom stereocenters. The summed E-state index contributed by atoms with van der Waals surface area (Å²) < 4.78 is 5.71. The Labute approximate surface area is 145 Å². The lowest BCUT2D eigenvalue weighted by Gasteiger charge is -2.35. The topological polar surface area (TPSA) is 66.8 Å². The van der Waals surface area contributed by atoms with Crippen molar-refractivity contribution in [2.45, 2.75) is 44.6 Å². The van der Waals surface area contributed by atoms with Crippen LogP contribution in [-0.4, -0.2) is 47.7 Å². The van der Waals surface area contributed by atoms with Crippen molar-refractivity contribution < 1.29 is 19.4 Å². The fourth-order valence-electron chi connectivity index (χ4n) is 4.36. The lowest BCUT2D eigenvalue weighted by molar-refractivity contribution is -0.145.